The van der Waals surface area contributed by atoms with Crippen LogP contribution in [0, 0.1) is 0 Å². The van der Waals surface area contributed by atoms with E-state index in [4.69, 9.17) is 0 Å². The van der Waals surface area contributed by atoms with Gasteiger partial charge in [-0.2, -0.15) is 0 Å². The maximum Gasteiger partial charge on any atom is 0.277 e. The molecule has 0 spiro atoms. The van der Waals surface area contributed by atoms with Gasteiger partial charge in [0, 0.05) is 17.0 Å². The van der Waals surface area contributed by atoms with E-state index in [1.54, 1.807) is 11.1 Å². The third-order valence-corrected chi connectivity index (χ3v) is 6.86. The first-order valence-electron chi connectivity index (χ1n) is 8.53. The summed E-state index contributed by atoms with van der Waals surface area (Å²) in [5.74, 6) is 1.37. The lowest BCUT2D eigenvalue weighted by atomic mass is 9.47. The number of rotatable bonds is 1. The molecule has 0 N–H and O–H groups in total. The normalized spacial score (nSPS) is 34.8. The van der Waals surface area contributed by atoms with Crippen LogP contribution < -0.4 is 9.47 Å². The van der Waals surface area contributed by atoms with Crippen LogP contribution in [0.1, 0.15) is 43.7 Å². The number of hydrogen-bond donors (Lipinski definition) is 0. The largest absolute Gasteiger partial charge is 0.277 e. The fourth-order valence-electron chi connectivity index (χ4n) is 5.79. The van der Waals surface area contributed by atoms with Gasteiger partial charge in [-0.05, 0) is 44.2 Å². The van der Waals surface area contributed by atoms with Crippen molar-refractivity contribution in [3.63, 3.8) is 0 Å². The number of hydrogen-bond acceptors (Lipinski definition) is 1. The van der Waals surface area contributed by atoms with Crippen molar-refractivity contribution >= 4 is 5.82 Å². The predicted molar refractivity (Wildman–Crippen MR) is 87.8 cm³/mol. The molecule has 1 atom stereocenters. The zero-order valence-electron chi connectivity index (χ0n) is 13.4. The van der Waals surface area contributed by atoms with Gasteiger partial charge in [-0.25, -0.2) is 9.47 Å². The van der Waals surface area contributed by atoms with Crippen LogP contribution in [0.2, 0.25) is 0 Å². The first-order valence-corrected chi connectivity index (χ1v) is 8.53. The van der Waals surface area contributed by atoms with Crippen molar-refractivity contribution in [1.29, 1.82) is 0 Å². The molecule has 2 nitrogen and oxygen atoms in total. The zero-order chi connectivity index (χ0) is 14.9. The second-order valence-corrected chi connectivity index (χ2v) is 7.45. The maximum absolute atomic E-state index is 2.75. The Morgan fingerprint density at radius 1 is 0.955 bits per heavy atom. The standard InChI is InChI=1S/C20H23N2/c1-15-19-10-12-20(13-11-19,17-8-4-3-7-16(17)19)22(15)18-9-5-6-14-21(18)2/h3-9,14-15H,10-13H2,1-2H3/q+1. The van der Waals surface area contributed by atoms with Gasteiger partial charge >= 0.3 is 0 Å². The molecule has 112 valence electrons. The van der Waals surface area contributed by atoms with Gasteiger partial charge in [0.15, 0.2) is 0 Å². The average molecular weight is 291 g/mol. The highest BCUT2D eigenvalue weighted by Crippen LogP contribution is 2.66. The average Bonchev–Trinajstić information content (AvgIpc) is 2.57. The molecule has 8 rings (SSSR count). The molecule has 1 aromatic heterocycles. The van der Waals surface area contributed by atoms with Crippen molar-refractivity contribution in [2.45, 2.75) is 49.6 Å². The summed E-state index contributed by atoms with van der Waals surface area (Å²) in [4.78, 5) is 2.75. The van der Waals surface area contributed by atoms with Crippen molar-refractivity contribution in [3.8, 4) is 0 Å². The minimum atomic E-state index is 0.217. The van der Waals surface area contributed by atoms with Gasteiger partial charge < -0.3 is 0 Å². The Bertz CT molecular complexity index is 756. The summed E-state index contributed by atoms with van der Waals surface area (Å²) >= 11 is 0. The maximum atomic E-state index is 2.75. The van der Waals surface area contributed by atoms with Crippen molar-refractivity contribution in [3.05, 3.63) is 59.8 Å². The number of nitrogens with zero attached hydrogens (tertiary/aromatic N) is 2. The molecule has 3 aliphatic heterocycles. The third kappa shape index (κ3) is 1.22. The molecule has 0 radical (unpaired) electrons. The summed E-state index contributed by atoms with van der Waals surface area (Å²) in [7, 11) is 2.18. The van der Waals surface area contributed by atoms with E-state index in [1.165, 1.54) is 31.5 Å². The summed E-state index contributed by atoms with van der Waals surface area (Å²) in [5.41, 5.74) is 3.83. The summed E-state index contributed by atoms with van der Waals surface area (Å²) in [6.45, 7) is 2.45. The van der Waals surface area contributed by atoms with Gasteiger partial charge in [0.2, 0.25) is 0 Å². The number of aryl methyl sites for hydroxylation is 1. The van der Waals surface area contributed by atoms with E-state index < -0.39 is 0 Å². The van der Waals surface area contributed by atoms with E-state index in [-0.39, 0.29) is 5.54 Å². The van der Waals surface area contributed by atoms with Crippen molar-refractivity contribution in [1.82, 2.24) is 0 Å². The number of piperidine rings is 2. The van der Waals surface area contributed by atoms with Crippen molar-refractivity contribution < 1.29 is 4.57 Å². The summed E-state index contributed by atoms with van der Waals surface area (Å²) in [6, 6.07) is 16.4. The molecule has 22 heavy (non-hydrogen) atoms. The quantitative estimate of drug-likeness (QED) is 0.730. The molecule has 1 unspecified atom stereocenters. The van der Waals surface area contributed by atoms with Gasteiger partial charge in [0.25, 0.3) is 5.82 Å². The van der Waals surface area contributed by atoms with E-state index in [0.29, 0.717) is 11.5 Å². The molecule has 0 amide bonds. The molecular weight excluding hydrogens is 268 g/mol. The Kier molecular flexibility index (Phi) is 2.26. The Balaban J connectivity index is 1.80. The highest BCUT2D eigenvalue weighted by atomic mass is 15.3. The highest BCUT2D eigenvalue weighted by molar-refractivity contribution is 5.59. The van der Waals surface area contributed by atoms with Crippen LogP contribution in [0.3, 0.4) is 0 Å². The Labute approximate surface area is 132 Å². The SMILES string of the molecule is CC1N(c2cccc[n+]2C)C23CCC1(CC2)c1ccccc13. The fraction of sp³-hybridized carbons (Fsp3) is 0.450. The fourth-order valence-corrected chi connectivity index (χ4v) is 5.79. The Hall–Kier alpha value is -1.83. The van der Waals surface area contributed by atoms with E-state index in [2.05, 4.69) is 72.1 Å². The van der Waals surface area contributed by atoms with E-state index >= 15 is 0 Å². The molecule has 6 aliphatic rings. The van der Waals surface area contributed by atoms with Crippen LogP contribution in [0.5, 0.6) is 0 Å². The van der Waals surface area contributed by atoms with Crippen molar-refractivity contribution in [2.75, 3.05) is 4.90 Å². The third-order valence-electron chi connectivity index (χ3n) is 6.86. The molecule has 3 fully saturated rings. The Morgan fingerprint density at radius 3 is 2.36 bits per heavy atom. The molecule has 2 aromatic rings. The molecular formula is C20H23N2+. The molecule has 2 bridgehead atoms. The van der Waals surface area contributed by atoms with E-state index in [1.807, 2.05) is 0 Å². The predicted octanol–water partition coefficient (Wildman–Crippen LogP) is 3.44. The number of pyridine rings is 1. The first-order chi connectivity index (χ1) is 10.7. The van der Waals surface area contributed by atoms with E-state index in [0.717, 1.165) is 0 Å². The van der Waals surface area contributed by atoms with Gasteiger partial charge in [-0.3, -0.25) is 0 Å². The van der Waals surface area contributed by atoms with Gasteiger partial charge in [0.05, 0.1) is 13.2 Å². The Morgan fingerprint density at radius 2 is 1.64 bits per heavy atom. The van der Waals surface area contributed by atoms with Crippen LogP contribution >= 0.6 is 0 Å². The zero-order valence-corrected chi connectivity index (χ0v) is 13.4. The van der Waals surface area contributed by atoms with Crippen LogP contribution in [0.4, 0.5) is 5.82 Å². The lowest BCUT2D eigenvalue weighted by molar-refractivity contribution is -0.659. The molecule has 3 aliphatic carbocycles. The number of anilines is 1. The first kappa shape index (κ1) is 12.7. The molecule has 2 saturated heterocycles. The second kappa shape index (κ2) is 3.92. The smallest absolute Gasteiger partial charge is 0.249 e. The number of benzene rings is 1. The van der Waals surface area contributed by atoms with Crippen LogP contribution in [0.25, 0.3) is 0 Å². The van der Waals surface area contributed by atoms with Gasteiger partial charge in [0.1, 0.15) is 11.6 Å². The van der Waals surface area contributed by atoms with Gasteiger partial charge in [-0.1, -0.05) is 30.3 Å². The summed E-state index contributed by atoms with van der Waals surface area (Å²) < 4.78 is 2.29. The second-order valence-electron chi connectivity index (χ2n) is 7.45. The summed E-state index contributed by atoms with van der Waals surface area (Å²) in [5, 5.41) is 0. The molecule has 1 saturated carbocycles. The van der Waals surface area contributed by atoms with E-state index in [9.17, 15) is 0 Å². The van der Waals surface area contributed by atoms with Crippen LogP contribution in [-0.2, 0) is 18.0 Å². The topological polar surface area (TPSA) is 7.12 Å². The monoisotopic (exact) mass is 291 g/mol. The van der Waals surface area contributed by atoms with Crippen molar-refractivity contribution in [2.24, 2.45) is 7.05 Å². The molecule has 4 heterocycles. The lowest BCUT2D eigenvalue weighted by Gasteiger charge is -2.65. The van der Waals surface area contributed by atoms with Gasteiger partial charge in [-0.15, -0.1) is 0 Å². The van der Waals surface area contributed by atoms with Crippen LogP contribution in [-0.4, -0.2) is 6.04 Å². The summed E-state index contributed by atoms with van der Waals surface area (Å²) in [6.07, 6.45) is 7.52. The minimum Gasteiger partial charge on any atom is -0.249 e. The highest BCUT2D eigenvalue weighted by Gasteiger charge is 2.68. The lowest BCUT2D eigenvalue weighted by Crippen LogP contribution is -2.73. The molecule has 2 heteroatoms. The van der Waals surface area contributed by atoms with Crippen LogP contribution in [0.15, 0.2) is 48.7 Å². The number of aromatic nitrogens is 1. The minimum absolute atomic E-state index is 0.217. The molecule has 1 aromatic carbocycles.